The van der Waals surface area contributed by atoms with E-state index in [9.17, 15) is 8.42 Å². The maximum Gasteiger partial charge on any atom is 0.232 e. The van der Waals surface area contributed by atoms with E-state index in [0.717, 1.165) is 6.26 Å². The predicted octanol–water partition coefficient (Wildman–Crippen LogP) is 0.976. The minimum absolute atomic E-state index is 0.0575. The number of anilines is 3. The molecule has 3 N–H and O–H groups in total. The summed E-state index contributed by atoms with van der Waals surface area (Å²) in [5.74, 6) is -0.185. The number of hydrogen-bond acceptors (Lipinski definition) is 8. The van der Waals surface area contributed by atoms with Gasteiger partial charge in [0.1, 0.15) is 0 Å². The number of nitrogens with zero attached hydrogens (tertiary/aromatic N) is 5. The van der Waals surface area contributed by atoms with E-state index in [0.29, 0.717) is 5.69 Å². The Bertz CT molecular complexity index is 828. The lowest BCUT2D eigenvalue weighted by Gasteiger charge is -2.08. The zero-order valence-electron chi connectivity index (χ0n) is 10.8. The molecule has 108 valence electrons. The van der Waals surface area contributed by atoms with Crippen molar-refractivity contribution in [3.05, 3.63) is 29.7 Å². The Hall–Kier alpha value is -2.84. The maximum atomic E-state index is 11.5. The fourth-order valence-corrected chi connectivity index (χ4v) is 2.13. The number of aliphatic imine (C=N–C) groups is 1. The van der Waals surface area contributed by atoms with Gasteiger partial charge in [0.2, 0.25) is 11.9 Å². The molecule has 21 heavy (non-hydrogen) atoms. The van der Waals surface area contributed by atoms with E-state index in [1.807, 2.05) is 0 Å². The highest BCUT2D eigenvalue weighted by Crippen LogP contribution is 2.19. The van der Waals surface area contributed by atoms with Crippen LogP contribution in [0.1, 0.15) is 0 Å². The van der Waals surface area contributed by atoms with Crippen LogP contribution >= 0.6 is 0 Å². The molecule has 1 aromatic carbocycles. The van der Waals surface area contributed by atoms with Crippen molar-refractivity contribution < 1.29 is 8.42 Å². The molecule has 9 nitrogen and oxygen atoms in total. The first-order valence-corrected chi connectivity index (χ1v) is 7.46. The van der Waals surface area contributed by atoms with Crippen LogP contribution in [0.4, 0.5) is 23.5 Å². The lowest BCUT2D eigenvalue weighted by molar-refractivity contribution is 0.602. The van der Waals surface area contributed by atoms with Crippen LogP contribution in [0.25, 0.3) is 5.41 Å². The molecule has 2 aromatic rings. The number of hydrogen-bond donors (Lipinski definition) is 2. The second kappa shape index (κ2) is 5.65. The van der Waals surface area contributed by atoms with Gasteiger partial charge in [-0.25, -0.2) is 8.42 Å². The van der Waals surface area contributed by atoms with Crippen LogP contribution in [0.3, 0.4) is 0 Å². The first-order valence-electron chi connectivity index (χ1n) is 5.57. The minimum Gasteiger partial charge on any atom is -0.422 e. The molecule has 0 aliphatic rings. The smallest absolute Gasteiger partial charge is 0.232 e. The van der Waals surface area contributed by atoms with E-state index in [4.69, 9.17) is 11.1 Å². The molecular formula is C11H10N7O2S-. The molecule has 0 atom stereocenters. The Balaban J connectivity index is 2.36. The number of nitrogen functional groups attached to an aromatic ring is 1. The highest BCUT2D eigenvalue weighted by Gasteiger charge is 2.08. The Morgan fingerprint density at radius 2 is 2.10 bits per heavy atom. The van der Waals surface area contributed by atoms with E-state index < -0.39 is 9.84 Å². The van der Waals surface area contributed by atoms with Gasteiger partial charge in [-0.2, -0.15) is 15.0 Å². The van der Waals surface area contributed by atoms with Crippen molar-refractivity contribution in [3.8, 4) is 0 Å². The topological polar surface area (TPSA) is 146 Å². The number of sulfone groups is 1. The fraction of sp³-hybridized carbons (Fsp3) is 0.0909. The highest BCUT2D eigenvalue weighted by atomic mass is 32.2. The first kappa shape index (κ1) is 14.6. The third-order valence-electron chi connectivity index (χ3n) is 2.31. The van der Waals surface area contributed by atoms with Crippen LogP contribution in [0.15, 0.2) is 34.2 Å². The van der Waals surface area contributed by atoms with Gasteiger partial charge in [0, 0.05) is 11.9 Å². The fourth-order valence-electron chi connectivity index (χ4n) is 1.46. The summed E-state index contributed by atoms with van der Waals surface area (Å²) < 4.78 is 23.0. The largest absolute Gasteiger partial charge is 0.422 e. The van der Waals surface area contributed by atoms with Crippen molar-refractivity contribution in [1.82, 2.24) is 15.0 Å². The number of nitrogens with two attached hydrogens (primary N) is 1. The summed E-state index contributed by atoms with van der Waals surface area (Å²) in [5.41, 5.74) is 5.93. The molecule has 1 aromatic heterocycles. The number of rotatable bonds is 4. The lowest BCUT2D eigenvalue weighted by Crippen LogP contribution is -2.04. The van der Waals surface area contributed by atoms with Crippen molar-refractivity contribution in [3.63, 3.8) is 0 Å². The van der Waals surface area contributed by atoms with Gasteiger partial charge in [-0.1, -0.05) is 6.07 Å². The number of benzene rings is 1. The van der Waals surface area contributed by atoms with Crippen molar-refractivity contribution in [1.29, 1.82) is 0 Å². The van der Waals surface area contributed by atoms with Crippen molar-refractivity contribution in [2.75, 3.05) is 17.3 Å². The quantitative estimate of drug-likeness (QED) is 0.800. The van der Waals surface area contributed by atoms with Crippen molar-refractivity contribution in [2.24, 2.45) is 4.99 Å². The van der Waals surface area contributed by atoms with E-state index >= 15 is 0 Å². The van der Waals surface area contributed by atoms with Crippen LogP contribution < -0.4 is 11.1 Å². The summed E-state index contributed by atoms with van der Waals surface area (Å²) in [6, 6.07) is 7.65. The van der Waals surface area contributed by atoms with Gasteiger partial charge < -0.3 is 21.5 Å². The Morgan fingerprint density at radius 1 is 1.33 bits per heavy atom. The maximum absolute atomic E-state index is 11.5. The van der Waals surface area contributed by atoms with Crippen LogP contribution in [-0.4, -0.2) is 35.6 Å². The van der Waals surface area contributed by atoms with Gasteiger partial charge >= 0.3 is 0 Å². The van der Waals surface area contributed by atoms with E-state index in [-0.39, 0.29) is 22.7 Å². The summed E-state index contributed by atoms with van der Waals surface area (Å²) in [6.45, 7) is 0. The molecule has 10 heteroatoms. The summed E-state index contributed by atoms with van der Waals surface area (Å²) >= 11 is 0. The van der Waals surface area contributed by atoms with Crippen molar-refractivity contribution >= 4 is 39.4 Å². The van der Waals surface area contributed by atoms with E-state index in [2.05, 4.69) is 25.3 Å². The third kappa shape index (κ3) is 3.81. The summed E-state index contributed by atoms with van der Waals surface area (Å²) in [6.07, 6.45) is 1.11. The predicted molar refractivity (Wildman–Crippen MR) is 77.5 cm³/mol. The average Bonchev–Trinajstić information content (AvgIpc) is 2.37. The molecule has 0 amide bonds. The summed E-state index contributed by atoms with van der Waals surface area (Å²) in [7, 11) is -3.32. The molecule has 0 unspecified atom stereocenters. The monoisotopic (exact) mass is 304 g/mol. The molecule has 0 saturated heterocycles. The zero-order valence-corrected chi connectivity index (χ0v) is 11.7. The second-order valence-electron chi connectivity index (χ2n) is 3.95. The third-order valence-corrected chi connectivity index (χ3v) is 3.42. The first-order chi connectivity index (χ1) is 9.88. The Morgan fingerprint density at radius 3 is 2.76 bits per heavy atom. The molecule has 0 aliphatic carbocycles. The molecule has 0 fully saturated rings. The normalized spacial score (nSPS) is 10.7. The second-order valence-corrected chi connectivity index (χ2v) is 5.97. The molecule has 2 rings (SSSR count). The summed E-state index contributed by atoms with van der Waals surface area (Å²) in [4.78, 5) is 14.8. The highest BCUT2D eigenvalue weighted by molar-refractivity contribution is 7.90. The van der Waals surface area contributed by atoms with Crippen LogP contribution in [-0.2, 0) is 9.84 Å². The van der Waals surface area contributed by atoms with Gasteiger partial charge in [-0.15, -0.1) is 6.01 Å². The van der Waals surface area contributed by atoms with Crippen LogP contribution in [0.5, 0.6) is 0 Å². The van der Waals surface area contributed by atoms with Gasteiger partial charge in [-0.3, -0.25) is 0 Å². The average molecular weight is 304 g/mol. The molecule has 0 radical (unpaired) electrons. The molecular weight excluding hydrogens is 294 g/mol. The van der Waals surface area contributed by atoms with E-state index in [1.165, 1.54) is 12.1 Å². The molecule has 0 saturated carbocycles. The molecule has 0 bridgehead atoms. The summed E-state index contributed by atoms with van der Waals surface area (Å²) in [5, 5.41) is 11.3. The van der Waals surface area contributed by atoms with Gasteiger partial charge in [0.25, 0.3) is 0 Å². The van der Waals surface area contributed by atoms with E-state index in [1.54, 1.807) is 18.1 Å². The number of aromatic nitrogens is 3. The zero-order chi connectivity index (χ0) is 15.5. The van der Waals surface area contributed by atoms with Crippen molar-refractivity contribution in [2.45, 2.75) is 4.90 Å². The SMILES string of the molecule is CS(=O)(=O)c1cccc(Nc2nc(N)nc(N=C=[N-])n2)c1. The van der Waals surface area contributed by atoms with Gasteiger partial charge in [0.15, 0.2) is 15.8 Å². The van der Waals surface area contributed by atoms with Gasteiger partial charge in [0.05, 0.1) is 4.90 Å². The standard InChI is InChI=1S/C11H10N7O2S/c1-21(19,20)8-4-2-3-7(5-8)15-11-17-9(13)16-10(18-11)14-6-12/h2-5H,1H3,(H3,13,15,16,17,18)/q-1. The minimum atomic E-state index is -3.32. The Kier molecular flexibility index (Phi) is 3.92. The van der Waals surface area contributed by atoms with Gasteiger partial charge in [-0.05, 0) is 18.2 Å². The lowest BCUT2D eigenvalue weighted by atomic mass is 10.3. The Labute approximate surface area is 120 Å². The number of nitrogens with one attached hydrogen (secondary N) is 1. The molecule has 0 aliphatic heterocycles. The van der Waals surface area contributed by atoms with Crippen LogP contribution in [0, 0.1) is 0 Å². The molecule has 1 heterocycles. The van der Waals surface area contributed by atoms with Crippen LogP contribution in [0.2, 0.25) is 0 Å². The molecule has 0 spiro atoms.